The van der Waals surface area contributed by atoms with Gasteiger partial charge in [-0.25, -0.2) is 12.8 Å². The van der Waals surface area contributed by atoms with Crippen molar-refractivity contribution in [2.24, 2.45) is 0 Å². The lowest BCUT2D eigenvalue weighted by Crippen LogP contribution is -2.50. The van der Waals surface area contributed by atoms with Crippen LogP contribution in [0.15, 0.2) is 71.6 Å². The molecule has 10 heteroatoms. The molecule has 3 aromatic carbocycles. The van der Waals surface area contributed by atoms with Crippen LogP contribution in [0.1, 0.15) is 18.1 Å². The Labute approximate surface area is 201 Å². The van der Waals surface area contributed by atoms with Gasteiger partial charge in [0.15, 0.2) is 6.10 Å². The number of nitrogens with one attached hydrogen (secondary N) is 2. The van der Waals surface area contributed by atoms with Gasteiger partial charge in [-0.05, 0) is 66.9 Å². The Hall–Kier alpha value is -3.76. The summed E-state index contributed by atoms with van der Waals surface area (Å²) in [6, 6.07) is 15.6. The largest absolute Gasteiger partial charge is 0.479 e. The van der Waals surface area contributed by atoms with E-state index in [-0.39, 0.29) is 23.8 Å². The summed E-state index contributed by atoms with van der Waals surface area (Å²) in [5.74, 6) is -0.912. The van der Waals surface area contributed by atoms with Crippen molar-refractivity contribution in [1.82, 2.24) is 4.31 Å². The molecule has 0 aromatic heterocycles. The third kappa shape index (κ3) is 4.38. The number of rotatable bonds is 4. The van der Waals surface area contributed by atoms with Gasteiger partial charge in [0.1, 0.15) is 17.6 Å². The summed E-state index contributed by atoms with van der Waals surface area (Å²) in [6.45, 7) is 1.63. The molecule has 35 heavy (non-hydrogen) atoms. The van der Waals surface area contributed by atoms with Crippen LogP contribution in [-0.4, -0.2) is 36.7 Å². The van der Waals surface area contributed by atoms with E-state index < -0.39 is 33.9 Å². The van der Waals surface area contributed by atoms with Gasteiger partial charge >= 0.3 is 0 Å². The summed E-state index contributed by atoms with van der Waals surface area (Å²) in [7, 11) is -4.11. The van der Waals surface area contributed by atoms with Crippen LogP contribution in [-0.2, 0) is 32.6 Å². The number of anilines is 2. The van der Waals surface area contributed by atoms with Gasteiger partial charge in [-0.1, -0.05) is 24.3 Å². The van der Waals surface area contributed by atoms with Gasteiger partial charge in [-0.2, -0.15) is 4.31 Å². The number of amides is 2. The van der Waals surface area contributed by atoms with Crippen LogP contribution >= 0.6 is 0 Å². The Bertz CT molecular complexity index is 1430. The molecular weight excluding hydrogens is 473 g/mol. The van der Waals surface area contributed by atoms with E-state index >= 15 is 0 Å². The van der Waals surface area contributed by atoms with Crippen molar-refractivity contribution in [3.8, 4) is 5.75 Å². The van der Waals surface area contributed by atoms with E-state index in [2.05, 4.69) is 10.6 Å². The average Bonchev–Trinajstić information content (AvgIpc) is 2.84. The van der Waals surface area contributed by atoms with Crippen molar-refractivity contribution in [1.29, 1.82) is 0 Å². The van der Waals surface area contributed by atoms with Crippen LogP contribution in [0.3, 0.4) is 0 Å². The molecular formula is C25H22FN3O5S. The highest BCUT2D eigenvalue weighted by Gasteiger charge is 2.39. The van der Waals surface area contributed by atoms with Crippen LogP contribution < -0.4 is 15.4 Å². The van der Waals surface area contributed by atoms with Crippen molar-refractivity contribution in [2.75, 3.05) is 10.6 Å². The van der Waals surface area contributed by atoms with Gasteiger partial charge in [0.25, 0.3) is 5.91 Å². The smallest absolute Gasteiger partial charge is 0.265 e. The quantitative estimate of drug-likeness (QED) is 0.578. The summed E-state index contributed by atoms with van der Waals surface area (Å²) in [5.41, 5.74) is 2.46. The van der Waals surface area contributed by atoms with E-state index in [0.717, 1.165) is 27.6 Å². The van der Waals surface area contributed by atoms with Gasteiger partial charge < -0.3 is 15.4 Å². The molecule has 0 unspecified atom stereocenters. The second-order valence-electron chi connectivity index (χ2n) is 8.44. The summed E-state index contributed by atoms with van der Waals surface area (Å²) >= 11 is 0. The van der Waals surface area contributed by atoms with E-state index in [9.17, 15) is 22.4 Å². The second-order valence-corrected chi connectivity index (χ2v) is 10.3. The molecule has 0 fully saturated rings. The number of benzene rings is 3. The average molecular weight is 496 g/mol. The molecule has 0 radical (unpaired) electrons. The van der Waals surface area contributed by atoms with E-state index in [1.807, 2.05) is 24.3 Å². The van der Waals surface area contributed by atoms with Crippen LogP contribution in [0.2, 0.25) is 0 Å². The molecule has 2 aliphatic heterocycles. The first-order valence-corrected chi connectivity index (χ1v) is 12.4. The Morgan fingerprint density at radius 1 is 1.09 bits per heavy atom. The van der Waals surface area contributed by atoms with Crippen LogP contribution in [0.5, 0.6) is 5.75 Å². The van der Waals surface area contributed by atoms with Crippen LogP contribution in [0.25, 0.3) is 0 Å². The molecule has 0 aliphatic carbocycles. The number of ether oxygens (including phenoxy) is 1. The summed E-state index contributed by atoms with van der Waals surface area (Å²) in [5, 5.41) is 5.49. The predicted octanol–water partition coefficient (Wildman–Crippen LogP) is 3.30. The normalized spacial score (nSPS) is 19.7. The lowest BCUT2D eigenvalue weighted by Gasteiger charge is -2.35. The number of halogens is 1. The molecule has 0 saturated heterocycles. The molecule has 180 valence electrons. The molecule has 2 atom stereocenters. The van der Waals surface area contributed by atoms with E-state index in [0.29, 0.717) is 17.1 Å². The SMILES string of the molecule is C[C@H]1Oc2ccc(NC(=O)[C@@H]3Cc4ccccc4CN3S(=O)(=O)c3ccc(F)cc3)cc2NC1=O. The Balaban J connectivity index is 1.46. The summed E-state index contributed by atoms with van der Waals surface area (Å²) in [6.07, 6.45) is -0.458. The monoisotopic (exact) mass is 495 g/mol. The molecule has 8 nitrogen and oxygen atoms in total. The van der Waals surface area contributed by atoms with Crippen LogP contribution in [0, 0.1) is 5.82 Å². The number of carbonyl (C=O) groups is 2. The van der Waals surface area contributed by atoms with Gasteiger partial charge in [0.05, 0.1) is 10.6 Å². The molecule has 2 N–H and O–H groups in total. The maximum absolute atomic E-state index is 13.5. The first kappa shape index (κ1) is 23.0. The molecule has 5 rings (SSSR count). The van der Waals surface area contributed by atoms with Crippen LogP contribution in [0.4, 0.5) is 15.8 Å². The number of sulfonamides is 1. The Morgan fingerprint density at radius 3 is 2.54 bits per heavy atom. The lowest BCUT2D eigenvalue weighted by atomic mass is 9.95. The van der Waals surface area contributed by atoms with Crippen molar-refractivity contribution in [2.45, 2.75) is 36.9 Å². The number of carbonyl (C=O) groups excluding carboxylic acids is 2. The molecule has 2 aliphatic rings. The van der Waals surface area contributed by atoms with Gasteiger partial charge in [0, 0.05) is 12.2 Å². The van der Waals surface area contributed by atoms with Gasteiger partial charge in [-0.15, -0.1) is 0 Å². The lowest BCUT2D eigenvalue weighted by molar-refractivity contribution is -0.122. The minimum absolute atomic E-state index is 0.0000562. The van der Waals surface area contributed by atoms with Gasteiger partial charge in [-0.3, -0.25) is 9.59 Å². The Morgan fingerprint density at radius 2 is 1.80 bits per heavy atom. The molecule has 0 spiro atoms. The zero-order chi connectivity index (χ0) is 24.7. The first-order valence-electron chi connectivity index (χ1n) is 11.0. The highest BCUT2D eigenvalue weighted by molar-refractivity contribution is 7.89. The van der Waals surface area contributed by atoms with Crippen molar-refractivity contribution in [3.05, 3.63) is 83.7 Å². The maximum atomic E-state index is 13.5. The first-order chi connectivity index (χ1) is 16.7. The molecule has 3 aromatic rings. The molecule has 2 heterocycles. The molecule has 0 saturated carbocycles. The highest BCUT2D eigenvalue weighted by atomic mass is 32.2. The predicted molar refractivity (Wildman–Crippen MR) is 127 cm³/mol. The van der Waals surface area contributed by atoms with Crippen molar-refractivity contribution >= 4 is 33.2 Å². The Kier molecular flexibility index (Phi) is 5.78. The van der Waals surface area contributed by atoms with E-state index in [1.165, 1.54) is 12.1 Å². The van der Waals surface area contributed by atoms with E-state index in [4.69, 9.17) is 4.74 Å². The number of nitrogens with zero attached hydrogens (tertiary/aromatic N) is 1. The zero-order valence-corrected chi connectivity index (χ0v) is 19.5. The standard InChI is InChI=1S/C25H22FN3O5S/c1-15-24(30)28-21-13-19(8-11-23(21)34-15)27-25(31)22-12-16-4-2-3-5-17(16)14-29(22)35(32,33)20-9-6-18(26)7-10-20/h2-11,13,15,22H,12,14H2,1H3,(H,27,31)(H,28,30)/t15-,22+/m1/s1. The number of hydrogen-bond donors (Lipinski definition) is 2. The minimum Gasteiger partial charge on any atom is -0.479 e. The fourth-order valence-electron chi connectivity index (χ4n) is 4.23. The second kappa shape index (κ2) is 8.79. The van der Waals surface area contributed by atoms with Crippen molar-refractivity contribution < 1.29 is 27.1 Å². The number of fused-ring (bicyclic) bond motifs is 2. The fraction of sp³-hybridized carbons (Fsp3) is 0.200. The summed E-state index contributed by atoms with van der Waals surface area (Å²) in [4.78, 5) is 25.3. The topological polar surface area (TPSA) is 105 Å². The summed E-state index contributed by atoms with van der Waals surface area (Å²) < 4.78 is 47.1. The minimum atomic E-state index is -4.11. The molecule has 2 amide bonds. The zero-order valence-electron chi connectivity index (χ0n) is 18.7. The number of hydrogen-bond acceptors (Lipinski definition) is 5. The fourth-order valence-corrected chi connectivity index (χ4v) is 5.79. The van der Waals surface area contributed by atoms with Crippen molar-refractivity contribution in [3.63, 3.8) is 0 Å². The third-order valence-electron chi connectivity index (χ3n) is 6.11. The third-order valence-corrected chi connectivity index (χ3v) is 7.98. The maximum Gasteiger partial charge on any atom is 0.265 e. The van der Waals surface area contributed by atoms with E-state index in [1.54, 1.807) is 25.1 Å². The highest BCUT2D eigenvalue weighted by Crippen LogP contribution is 2.33. The molecule has 0 bridgehead atoms. The van der Waals surface area contributed by atoms with Gasteiger partial charge in [0.2, 0.25) is 15.9 Å².